The molecule has 0 amide bonds. The molecular formula is C16H22ClN. The van der Waals surface area contributed by atoms with Crippen LogP contribution in [0.5, 0.6) is 0 Å². The third-order valence-electron chi connectivity index (χ3n) is 4.73. The lowest BCUT2D eigenvalue weighted by molar-refractivity contribution is 0.250. The summed E-state index contributed by atoms with van der Waals surface area (Å²) in [6, 6.07) is 8.35. The van der Waals surface area contributed by atoms with E-state index < -0.39 is 0 Å². The standard InChI is InChI=1S/C16H22ClN/c1-2-18-11-16(9-13-7-14(13)10-16)8-12-5-3-4-6-15(12)17/h3-6,13-14,18H,2,7-11H2,1H3. The lowest BCUT2D eigenvalue weighted by atomic mass is 9.77. The van der Waals surface area contributed by atoms with Crippen LogP contribution in [0.15, 0.2) is 24.3 Å². The summed E-state index contributed by atoms with van der Waals surface area (Å²) in [5.41, 5.74) is 1.80. The average molecular weight is 264 g/mol. The van der Waals surface area contributed by atoms with Crippen molar-refractivity contribution in [3.05, 3.63) is 34.9 Å². The van der Waals surface area contributed by atoms with Crippen LogP contribution in [0.1, 0.15) is 31.7 Å². The van der Waals surface area contributed by atoms with E-state index in [2.05, 4.69) is 24.4 Å². The highest BCUT2D eigenvalue weighted by Gasteiger charge is 2.53. The molecule has 1 aromatic rings. The van der Waals surface area contributed by atoms with Crippen molar-refractivity contribution in [1.82, 2.24) is 5.32 Å². The Bertz CT molecular complexity index is 419. The normalized spacial score (nSPS) is 33.4. The summed E-state index contributed by atoms with van der Waals surface area (Å²) < 4.78 is 0. The molecule has 0 aliphatic heterocycles. The Kier molecular flexibility index (Phi) is 3.38. The maximum Gasteiger partial charge on any atom is 0.0438 e. The topological polar surface area (TPSA) is 12.0 Å². The molecule has 0 saturated heterocycles. The maximum atomic E-state index is 6.33. The monoisotopic (exact) mass is 263 g/mol. The van der Waals surface area contributed by atoms with Gasteiger partial charge in [0.05, 0.1) is 0 Å². The first-order valence-corrected chi connectivity index (χ1v) is 7.54. The smallest absolute Gasteiger partial charge is 0.0438 e. The zero-order valence-electron chi connectivity index (χ0n) is 11.1. The molecule has 2 unspecified atom stereocenters. The lowest BCUT2D eigenvalue weighted by Gasteiger charge is -2.32. The van der Waals surface area contributed by atoms with E-state index in [-0.39, 0.29) is 0 Å². The highest BCUT2D eigenvalue weighted by atomic mass is 35.5. The van der Waals surface area contributed by atoms with Crippen LogP contribution in [0.4, 0.5) is 0 Å². The minimum Gasteiger partial charge on any atom is -0.316 e. The van der Waals surface area contributed by atoms with Crippen LogP contribution in [0.25, 0.3) is 0 Å². The zero-order chi connectivity index (χ0) is 12.6. The van der Waals surface area contributed by atoms with E-state index in [1.807, 2.05) is 12.1 Å². The number of hydrogen-bond acceptors (Lipinski definition) is 1. The van der Waals surface area contributed by atoms with Crippen LogP contribution in [-0.4, -0.2) is 13.1 Å². The Hall–Kier alpha value is -0.530. The first kappa shape index (κ1) is 12.5. The summed E-state index contributed by atoms with van der Waals surface area (Å²) in [6.45, 7) is 4.42. The molecule has 98 valence electrons. The van der Waals surface area contributed by atoms with Crippen molar-refractivity contribution in [3.8, 4) is 0 Å². The van der Waals surface area contributed by atoms with Crippen molar-refractivity contribution < 1.29 is 0 Å². The lowest BCUT2D eigenvalue weighted by Crippen LogP contribution is -2.35. The molecule has 0 radical (unpaired) electrons. The first-order chi connectivity index (χ1) is 8.72. The van der Waals surface area contributed by atoms with E-state index in [1.54, 1.807) is 0 Å². The highest BCUT2D eigenvalue weighted by Crippen LogP contribution is 2.60. The Morgan fingerprint density at radius 3 is 2.67 bits per heavy atom. The summed E-state index contributed by atoms with van der Waals surface area (Å²) in [4.78, 5) is 0. The third-order valence-corrected chi connectivity index (χ3v) is 5.10. The SMILES string of the molecule is CCNCC1(Cc2ccccc2Cl)CC2CC2C1. The molecule has 2 atom stereocenters. The van der Waals surface area contributed by atoms with Crippen molar-refractivity contribution in [1.29, 1.82) is 0 Å². The molecule has 18 heavy (non-hydrogen) atoms. The van der Waals surface area contributed by atoms with Crippen molar-refractivity contribution in [2.45, 2.75) is 32.6 Å². The van der Waals surface area contributed by atoms with Gasteiger partial charge in [-0.25, -0.2) is 0 Å². The zero-order valence-corrected chi connectivity index (χ0v) is 11.8. The van der Waals surface area contributed by atoms with Crippen LogP contribution in [0.3, 0.4) is 0 Å². The molecule has 0 heterocycles. The van der Waals surface area contributed by atoms with Crippen LogP contribution in [0.2, 0.25) is 5.02 Å². The Balaban J connectivity index is 1.75. The van der Waals surface area contributed by atoms with E-state index in [1.165, 1.54) is 24.8 Å². The summed E-state index contributed by atoms with van der Waals surface area (Å²) in [5, 5.41) is 4.51. The van der Waals surface area contributed by atoms with Gasteiger partial charge in [-0.2, -0.15) is 0 Å². The van der Waals surface area contributed by atoms with Crippen LogP contribution in [-0.2, 0) is 6.42 Å². The molecule has 0 bridgehead atoms. The largest absolute Gasteiger partial charge is 0.316 e. The fourth-order valence-electron chi connectivity index (χ4n) is 3.79. The van der Waals surface area contributed by atoms with Gasteiger partial charge < -0.3 is 5.32 Å². The molecule has 2 heteroatoms. The van der Waals surface area contributed by atoms with E-state index in [4.69, 9.17) is 11.6 Å². The van der Waals surface area contributed by atoms with E-state index in [9.17, 15) is 0 Å². The van der Waals surface area contributed by atoms with Gasteiger partial charge in [0.15, 0.2) is 0 Å². The number of nitrogens with one attached hydrogen (secondary N) is 1. The predicted octanol–water partition coefficient (Wildman–Crippen LogP) is 3.91. The number of fused-ring (bicyclic) bond motifs is 1. The number of benzene rings is 1. The molecule has 2 aliphatic rings. The molecule has 2 aliphatic carbocycles. The predicted molar refractivity (Wildman–Crippen MR) is 77.0 cm³/mol. The van der Waals surface area contributed by atoms with Gasteiger partial charge >= 0.3 is 0 Å². The van der Waals surface area contributed by atoms with Gasteiger partial charge in [0.25, 0.3) is 0 Å². The fraction of sp³-hybridized carbons (Fsp3) is 0.625. The Morgan fingerprint density at radius 2 is 2.00 bits per heavy atom. The average Bonchev–Trinajstić information content (AvgIpc) is 2.98. The molecule has 1 N–H and O–H groups in total. The second kappa shape index (κ2) is 4.86. The minimum absolute atomic E-state index is 0.467. The van der Waals surface area contributed by atoms with E-state index in [0.29, 0.717) is 5.41 Å². The van der Waals surface area contributed by atoms with Gasteiger partial charge in [-0.15, -0.1) is 0 Å². The van der Waals surface area contributed by atoms with Gasteiger partial charge in [-0.05, 0) is 61.1 Å². The van der Waals surface area contributed by atoms with Gasteiger partial charge in [-0.1, -0.05) is 36.7 Å². The fourth-order valence-corrected chi connectivity index (χ4v) is 4.00. The van der Waals surface area contributed by atoms with Crippen LogP contribution in [0, 0.1) is 17.3 Å². The Morgan fingerprint density at radius 1 is 1.28 bits per heavy atom. The van der Waals surface area contributed by atoms with Crippen molar-refractivity contribution in [2.75, 3.05) is 13.1 Å². The first-order valence-electron chi connectivity index (χ1n) is 7.16. The van der Waals surface area contributed by atoms with Crippen LogP contribution < -0.4 is 5.32 Å². The number of halogens is 1. The van der Waals surface area contributed by atoms with Crippen molar-refractivity contribution >= 4 is 11.6 Å². The van der Waals surface area contributed by atoms with Crippen molar-refractivity contribution in [2.24, 2.45) is 17.3 Å². The minimum atomic E-state index is 0.467. The highest BCUT2D eigenvalue weighted by molar-refractivity contribution is 6.31. The second-order valence-electron chi connectivity index (χ2n) is 6.21. The van der Waals surface area contributed by atoms with Gasteiger partial charge in [0.2, 0.25) is 0 Å². The van der Waals surface area contributed by atoms with Gasteiger partial charge in [0.1, 0.15) is 0 Å². The molecular weight excluding hydrogens is 242 g/mol. The maximum absolute atomic E-state index is 6.33. The summed E-state index contributed by atoms with van der Waals surface area (Å²) >= 11 is 6.33. The van der Waals surface area contributed by atoms with Gasteiger partial charge in [0, 0.05) is 11.6 Å². The number of rotatable bonds is 5. The van der Waals surface area contributed by atoms with Crippen LogP contribution >= 0.6 is 11.6 Å². The Labute approximate surface area is 115 Å². The third kappa shape index (κ3) is 2.44. The summed E-state index contributed by atoms with van der Waals surface area (Å²) in [6.07, 6.45) is 5.43. The van der Waals surface area contributed by atoms with E-state index >= 15 is 0 Å². The van der Waals surface area contributed by atoms with Gasteiger partial charge in [-0.3, -0.25) is 0 Å². The molecule has 2 saturated carbocycles. The number of hydrogen-bond donors (Lipinski definition) is 1. The second-order valence-corrected chi connectivity index (χ2v) is 6.62. The molecule has 0 aromatic heterocycles. The molecule has 1 nitrogen and oxygen atoms in total. The quantitative estimate of drug-likeness (QED) is 0.849. The molecule has 3 rings (SSSR count). The molecule has 2 fully saturated rings. The summed E-state index contributed by atoms with van der Waals surface area (Å²) in [7, 11) is 0. The van der Waals surface area contributed by atoms with Crippen molar-refractivity contribution in [3.63, 3.8) is 0 Å². The molecule has 0 spiro atoms. The van der Waals surface area contributed by atoms with E-state index in [0.717, 1.165) is 36.4 Å². The summed E-state index contributed by atoms with van der Waals surface area (Å²) in [5.74, 6) is 2.04. The molecule has 1 aromatic carbocycles.